The number of anilines is 1. The van der Waals surface area contributed by atoms with E-state index in [9.17, 15) is 19.2 Å². The number of benzene rings is 1. The van der Waals surface area contributed by atoms with E-state index in [0.29, 0.717) is 5.69 Å². The van der Waals surface area contributed by atoms with E-state index in [1.165, 1.54) is 31.4 Å². The maximum Gasteiger partial charge on any atom is 0.355 e. The number of hydrogen-bond acceptors (Lipinski definition) is 8. The summed E-state index contributed by atoms with van der Waals surface area (Å²) < 4.78 is 9.47. The molecule has 2 unspecified atom stereocenters. The van der Waals surface area contributed by atoms with E-state index in [4.69, 9.17) is 4.74 Å². The Morgan fingerprint density at radius 1 is 1.16 bits per heavy atom. The van der Waals surface area contributed by atoms with Crippen molar-refractivity contribution in [3.8, 4) is 0 Å². The molecule has 130 valence electrons. The first-order chi connectivity index (χ1) is 12.0. The smallest absolute Gasteiger partial charge is 0.355 e. The molecule has 2 atom stereocenters. The predicted molar refractivity (Wildman–Crippen MR) is 84.8 cm³/mol. The number of methoxy groups -OCH3 is 1. The van der Waals surface area contributed by atoms with Crippen LogP contribution in [0.5, 0.6) is 0 Å². The number of nitrogens with zero attached hydrogens (tertiary/aromatic N) is 2. The van der Waals surface area contributed by atoms with E-state index in [1.54, 1.807) is 6.92 Å². The average molecular weight is 345 g/mol. The standard InChI is InChI=1S/C16H15N3O6/c1-3-25-16(23)12-10-11(17-18-12)14(21)19(13(10)20)9-6-4-8(5-7-9)15(22)24-2/h4-7,10-11,17H,3H2,1-2H3. The molecule has 1 aromatic carbocycles. The Morgan fingerprint density at radius 2 is 1.84 bits per heavy atom. The van der Waals surface area contributed by atoms with Gasteiger partial charge in [0.2, 0.25) is 5.91 Å². The Hall–Kier alpha value is -3.23. The van der Waals surface area contributed by atoms with Crippen LogP contribution in [-0.2, 0) is 23.9 Å². The number of esters is 2. The maximum absolute atomic E-state index is 12.7. The van der Waals surface area contributed by atoms with Crippen molar-refractivity contribution in [1.29, 1.82) is 0 Å². The van der Waals surface area contributed by atoms with E-state index in [2.05, 4.69) is 15.3 Å². The lowest BCUT2D eigenvalue weighted by Gasteiger charge is -2.15. The molecule has 0 spiro atoms. The lowest BCUT2D eigenvalue weighted by Crippen LogP contribution is -2.36. The van der Waals surface area contributed by atoms with Crippen molar-refractivity contribution in [2.45, 2.75) is 13.0 Å². The number of nitrogens with one attached hydrogen (secondary N) is 1. The number of carbonyl (C=O) groups is 4. The van der Waals surface area contributed by atoms with Gasteiger partial charge in [0.1, 0.15) is 12.0 Å². The number of fused-ring (bicyclic) bond motifs is 1. The summed E-state index contributed by atoms with van der Waals surface area (Å²) in [4.78, 5) is 49.5. The highest BCUT2D eigenvalue weighted by atomic mass is 16.5. The van der Waals surface area contributed by atoms with Gasteiger partial charge in [-0.05, 0) is 31.2 Å². The summed E-state index contributed by atoms with van der Waals surface area (Å²) in [6.45, 7) is 1.77. The molecule has 0 aliphatic carbocycles. The fourth-order valence-corrected chi connectivity index (χ4v) is 2.78. The highest BCUT2D eigenvalue weighted by Gasteiger charge is 2.55. The van der Waals surface area contributed by atoms with E-state index in [0.717, 1.165) is 4.90 Å². The number of hydrogen-bond donors (Lipinski definition) is 1. The molecule has 1 N–H and O–H groups in total. The summed E-state index contributed by atoms with van der Waals surface area (Å²) in [5.74, 6) is -3.37. The third kappa shape index (κ3) is 2.63. The van der Waals surface area contributed by atoms with Gasteiger partial charge in [0.25, 0.3) is 5.91 Å². The molecule has 0 bridgehead atoms. The second kappa shape index (κ2) is 6.34. The number of rotatable bonds is 4. The van der Waals surface area contributed by atoms with Crippen LogP contribution >= 0.6 is 0 Å². The fraction of sp³-hybridized carbons (Fsp3) is 0.312. The van der Waals surface area contributed by atoms with E-state index in [-0.39, 0.29) is 17.9 Å². The van der Waals surface area contributed by atoms with Crippen molar-refractivity contribution in [3.63, 3.8) is 0 Å². The van der Waals surface area contributed by atoms with Crippen LogP contribution in [-0.4, -0.2) is 49.2 Å². The maximum atomic E-state index is 12.7. The minimum Gasteiger partial charge on any atom is -0.465 e. The first kappa shape index (κ1) is 16.6. The Morgan fingerprint density at radius 3 is 2.44 bits per heavy atom. The van der Waals surface area contributed by atoms with Gasteiger partial charge >= 0.3 is 11.9 Å². The van der Waals surface area contributed by atoms with Gasteiger partial charge in [-0.3, -0.25) is 15.0 Å². The van der Waals surface area contributed by atoms with Crippen LogP contribution in [0.2, 0.25) is 0 Å². The molecule has 1 fully saturated rings. The molecule has 0 saturated carbocycles. The van der Waals surface area contributed by atoms with Gasteiger partial charge in [-0.2, -0.15) is 5.10 Å². The van der Waals surface area contributed by atoms with Crippen molar-refractivity contribution in [3.05, 3.63) is 29.8 Å². The van der Waals surface area contributed by atoms with Gasteiger partial charge in [-0.25, -0.2) is 14.5 Å². The van der Waals surface area contributed by atoms with Crippen LogP contribution in [0.4, 0.5) is 5.69 Å². The van der Waals surface area contributed by atoms with Gasteiger partial charge in [-0.15, -0.1) is 0 Å². The Kier molecular flexibility index (Phi) is 4.22. The summed E-state index contributed by atoms with van der Waals surface area (Å²) in [5, 5.41) is 3.78. The summed E-state index contributed by atoms with van der Waals surface area (Å²) in [5.41, 5.74) is 3.00. The van der Waals surface area contributed by atoms with Crippen molar-refractivity contribution >= 4 is 35.2 Å². The van der Waals surface area contributed by atoms with Crippen LogP contribution in [0.1, 0.15) is 17.3 Å². The van der Waals surface area contributed by atoms with Gasteiger partial charge in [0, 0.05) is 0 Å². The van der Waals surface area contributed by atoms with Crippen molar-refractivity contribution in [2.75, 3.05) is 18.6 Å². The first-order valence-corrected chi connectivity index (χ1v) is 7.56. The molecule has 9 heteroatoms. The normalized spacial score (nSPS) is 21.5. The molecular weight excluding hydrogens is 330 g/mol. The van der Waals surface area contributed by atoms with Crippen molar-refractivity contribution in [1.82, 2.24) is 5.43 Å². The quantitative estimate of drug-likeness (QED) is 0.596. The van der Waals surface area contributed by atoms with Gasteiger partial charge in [-0.1, -0.05) is 0 Å². The lowest BCUT2D eigenvalue weighted by molar-refractivity contribution is -0.136. The molecule has 2 heterocycles. The predicted octanol–water partition coefficient (Wildman–Crippen LogP) is -0.147. The molecule has 9 nitrogen and oxygen atoms in total. The molecule has 0 aromatic heterocycles. The van der Waals surface area contributed by atoms with Crippen LogP contribution in [0.3, 0.4) is 0 Å². The monoisotopic (exact) mass is 345 g/mol. The topological polar surface area (TPSA) is 114 Å². The van der Waals surface area contributed by atoms with Gasteiger partial charge in [0.05, 0.1) is 25.0 Å². The number of amides is 2. The highest BCUT2D eigenvalue weighted by molar-refractivity contribution is 6.46. The lowest BCUT2D eigenvalue weighted by atomic mass is 9.99. The third-order valence-corrected chi connectivity index (χ3v) is 3.96. The summed E-state index contributed by atoms with van der Waals surface area (Å²) in [6.07, 6.45) is 0. The van der Waals surface area contributed by atoms with E-state index in [1.807, 2.05) is 0 Å². The Labute approximate surface area is 142 Å². The molecule has 0 radical (unpaired) electrons. The molecule has 2 aliphatic rings. The third-order valence-electron chi connectivity index (χ3n) is 3.96. The van der Waals surface area contributed by atoms with Crippen LogP contribution in [0.15, 0.2) is 29.4 Å². The number of hydrazone groups is 1. The second-order valence-electron chi connectivity index (χ2n) is 5.35. The largest absolute Gasteiger partial charge is 0.465 e. The van der Waals surface area contributed by atoms with E-state index >= 15 is 0 Å². The molecule has 25 heavy (non-hydrogen) atoms. The molecule has 2 aliphatic heterocycles. The molecule has 2 amide bonds. The van der Waals surface area contributed by atoms with Gasteiger partial charge in [0.15, 0.2) is 5.71 Å². The number of ether oxygens (including phenoxy) is 2. The SMILES string of the molecule is CCOC(=O)C1=NNC2C(=O)N(c3ccc(C(=O)OC)cc3)C(=O)C12. The van der Waals surface area contributed by atoms with E-state index < -0.39 is 35.7 Å². The molecule has 3 rings (SSSR count). The average Bonchev–Trinajstić information content (AvgIpc) is 3.15. The Balaban J connectivity index is 1.87. The summed E-state index contributed by atoms with van der Waals surface area (Å²) >= 11 is 0. The molecule has 1 saturated heterocycles. The van der Waals surface area contributed by atoms with Crippen molar-refractivity contribution < 1.29 is 28.7 Å². The first-order valence-electron chi connectivity index (χ1n) is 7.56. The fourth-order valence-electron chi connectivity index (χ4n) is 2.78. The minimum atomic E-state index is -1.02. The zero-order valence-corrected chi connectivity index (χ0v) is 13.5. The van der Waals surface area contributed by atoms with Crippen LogP contribution < -0.4 is 10.3 Å². The molecule has 1 aromatic rings. The van der Waals surface area contributed by atoms with Gasteiger partial charge < -0.3 is 9.47 Å². The molecular formula is C16H15N3O6. The second-order valence-corrected chi connectivity index (χ2v) is 5.35. The zero-order chi connectivity index (χ0) is 18.1. The number of carbonyl (C=O) groups excluding carboxylic acids is 4. The van der Waals surface area contributed by atoms with Crippen LogP contribution in [0.25, 0.3) is 0 Å². The highest BCUT2D eigenvalue weighted by Crippen LogP contribution is 2.31. The Bertz CT molecular complexity index is 786. The van der Waals surface area contributed by atoms with Crippen LogP contribution in [0, 0.1) is 5.92 Å². The summed E-state index contributed by atoms with van der Waals surface area (Å²) in [7, 11) is 1.26. The van der Waals surface area contributed by atoms with Crippen molar-refractivity contribution in [2.24, 2.45) is 11.0 Å². The zero-order valence-electron chi connectivity index (χ0n) is 13.5. The number of imide groups is 1. The minimum absolute atomic E-state index is 0.112. The summed E-state index contributed by atoms with van der Waals surface area (Å²) in [6, 6.07) is 4.88.